The van der Waals surface area contributed by atoms with Gasteiger partial charge >= 0.3 is 0 Å². The van der Waals surface area contributed by atoms with Crippen LogP contribution in [0.4, 0.5) is 0 Å². The molecule has 0 radical (unpaired) electrons. The zero-order valence-electron chi connectivity index (χ0n) is 8.82. The first-order valence-corrected chi connectivity index (χ1v) is 5.01. The maximum Gasteiger partial charge on any atom is 0.160 e. The zero-order chi connectivity index (χ0) is 11.3. The highest BCUT2D eigenvalue weighted by Crippen LogP contribution is 2.27. The van der Waals surface area contributed by atoms with E-state index < -0.39 is 0 Å². The molecule has 0 heterocycles. The summed E-state index contributed by atoms with van der Waals surface area (Å²) in [5, 5.41) is 8.95. The van der Waals surface area contributed by atoms with Crippen LogP contribution >= 0.6 is 12.2 Å². The summed E-state index contributed by atoms with van der Waals surface area (Å²) in [4.78, 5) is 0. The number of thiocarbonyl (C=S) groups is 1. The van der Waals surface area contributed by atoms with E-state index in [9.17, 15) is 0 Å². The smallest absolute Gasteiger partial charge is 0.160 e. The number of aryl methyl sites for hydroxylation is 1. The Labute approximate surface area is 94.6 Å². The quantitative estimate of drug-likeness (QED) is 0.783. The molecular weight excluding hydrogens is 212 g/mol. The third-order valence-electron chi connectivity index (χ3n) is 2.08. The molecule has 0 spiro atoms. The molecule has 1 N–H and O–H groups in total. The lowest BCUT2D eigenvalue weighted by Gasteiger charge is -2.09. The van der Waals surface area contributed by atoms with Crippen LogP contribution in [-0.2, 0) is 6.42 Å². The Hall–Kier alpha value is -1.29. The van der Waals surface area contributed by atoms with Gasteiger partial charge in [-0.2, -0.15) is 0 Å². The molecule has 0 aliphatic carbocycles. The average Bonchev–Trinajstić information content (AvgIpc) is 2.25. The van der Waals surface area contributed by atoms with Crippen molar-refractivity contribution in [2.75, 3.05) is 14.2 Å². The molecule has 15 heavy (non-hydrogen) atoms. The molecule has 0 aliphatic heterocycles. The number of hydrogen-bond donors (Lipinski definition) is 1. The maximum absolute atomic E-state index is 8.92. The second kappa shape index (κ2) is 5.56. The normalized spacial score (nSPS) is 9.73. The van der Waals surface area contributed by atoms with Gasteiger partial charge in [0.15, 0.2) is 16.5 Å². The highest BCUT2D eigenvalue weighted by Gasteiger charge is 2.04. The summed E-state index contributed by atoms with van der Waals surface area (Å²) in [6, 6.07) is 5.66. The maximum atomic E-state index is 8.92. The number of aliphatic hydroxyl groups is 1. The molecule has 0 unspecified atom stereocenters. The summed E-state index contributed by atoms with van der Waals surface area (Å²) >= 11 is 4.60. The zero-order valence-corrected chi connectivity index (χ0v) is 9.63. The summed E-state index contributed by atoms with van der Waals surface area (Å²) in [5.41, 5.74) is 1.06. The Morgan fingerprint density at radius 2 is 1.93 bits per heavy atom. The van der Waals surface area contributed by atoms with E-state index in [4.69, 9.17) is 14.6 Å². The Balaban J connectivity index is 2.78. The Morgan fingerprint density at radius 1 is 1.27 bits per heavy atom. The van der Waals surface area contributed by atoms with Crippen LogP contribution in [0.1, 0.15) is 12.0 Å². The molecular formula is C11H14O3S. The Morgan fingerprint density at radius 3 is 2.47 bits per heavy atom. The molecule has 0 aromatic heterocycles. The van der Waals surface area contributed by atoms with Crippen LogP contribution in [-0.4, -0.2) is 24.4 Å². The van der Waals surface area contributed by atoms with Gasteiger partial charge in [-0.05, 0) is 36.3 Å². The number of hydrogen-bond acceptors (Lipinski definition) is 3. The van der Waals surface area contributed by atoms with E-state index in [0.717, 1.165) is 5.56 Å². The van der Waals surface area contributed by atoms with Crippen molar-refractivity contribution >= 4 is 17.3 Å². The third kappa shape index (κ3) is 3.40. The van der Waals surface area contributed by atoms with Crippen molar-refractivity contribution in [3.8, 4) is 11.5 Å². The lowest BCUT2D eigenvalue weighted by Crippen LogP contribution is -1.96. The molecule has 0 atom stereocenters. The van der Waals surface area contributed by atoms with Gasteiger partial charge in [0.2, 0.25) is 0 Å². The predicted molar refractivity (Wildman–Crippen MR) is 63.1 cm³/mol. The minimum Gasteiger partial charge on any atom is -0.502 e. The molecule has 1 rings (SSSR count). The lowest BCUT2D eigenvalue weighted by molar-refractivity contribution is 0.354. The van der Waals surface area contributed by atoms with Crippen LogP contribution in [0.5, 0.6) is 11.5 Å². The van der Waals surface area contributed by atoms with Crippen molar-refractivity contribution in [2.24, 2.45) is 0 Å². The molecule has 0 aliphatic rings. The number of benzene rings is 1. The SMILES string of the molecule is COc1ccc(CCC(O)=S)cc1OC. The molecule has 0 saturated carbocycles. The van der Waals surface area contributed by atoms with E-state index in [1.54, 1.807) is 14.2 Å². The van der Waals surface area contributed by atoms with Gasteiger partial charge in [-0.3, -0.25) is 0 Å². The van der Waals surface area contributed by atoms with E-state index in [2.05, 4.69) is 12.2 Å². The van der Waals surface area contributed by atoms with Crippen LogP contribution in [0.3, 0.4) is 0 Å². The average molecular weight is 226 g/mol. The van der Waals surface area contributed by atoms with Crippen molar-refractivity contribution in [2.45, 2.75) is 12.8 Å². The number of ether oxygens (including phenoxy) is 2. The van der Waals surface area contributed by atoms with Crippen molar-refractivity contribution in [1.82, 2.24) is 0 Å². The first-order valence-electron chi connectivity index (χ1n) is 4.60. The van der Waals surface area contributed by atoms with Crippen LogP contribution in [0, 0.1) is 0 Å². The molecule has 0 bridgehead atoms. The fourth-order valence-corrected chi connectivity index (χ4v) is 1.39. The summed E-state index contributed by atoms with van der Waals surface area (Å²) in [6.07, 6.45) is 1.19. The first-order chi connectivity index (χ1) is 7.17. The third-order valence-corrected chi connectivity index (χ3v) is 2.28. The van der Waals surface area contributed by atoms with Gasteiger partial charge in [-0.1, -0.05) is 6.07 Å². The fraction of sp³-hybridized carbons (Fsp3) is 0.364. The van der Waals surface area contributed by atoms with Gasteiger partial charge in [-0.15, -0.1) is 0 Å². The highest BCUT2D eigenvalue weighted by atomic mass is 32.1. The van der Waals surface area contributed by atoms with E-state index in [1.165, 1.54) is 0 Å². The monoisotopic (exact) mass is 226 g/mol. The highest BCUT2D eigenvalue weighted by molar-refractivity contribution is 7.80. The minimum absolute atomic E-state index is 0.0322. The standard InChI is InChI=1S/C11H14O3S/c1-13-9-5-3-8(4-6-11(12)15)7-10(9)14-2/h3,5,7H,4,6H2,1-2H3,(H,12,15). The van der Waals surface area contributed by atoms with Crippen LogP contribution in [0.2, 0.25) is 0 Å². The van der Waals surface area contributed by atoms with Gasteiger partial charge in [0, 0.05) is 6.42 Å². The van der Waals surface area contributed by atoms with E-state index in [0.29, 0.717) is 24.3 Å². The summed E-state index contributed by atoms with van der Waals surface area (Å²) < 4.78 is 10.3. The summed E-state index contributed by atoms with van der Waals surface area (Å²) in [7, 11) is 3.19. The predicted octanol–water partition coefficient (Wildman–Crippen LogP) is 2.52. The molecule has 0 fully saturated rings. The summed E-state index contributed by atoms with van der Waals surface area (Å²) in [6.45, 7) is 0. The molecule has 1 aromatic carbocycles. The van der Waals surface area contributed by atoms with E-state index >= 15 is 0 Å². The minimum atomic E-state index is 0.0322. The van der Waals surface area contributed by atoms with E-state index in [1.807, 2.05) is 18.2 Å². The van der Waals surface area contributed by atoms with E-state index in [-0.39, 0.29) is 5.05 Å². The number of rotatable bonds is 5. The number of aliphatic hydroxyl groups excluding tert-OH is 1. The van der Waals surface area contributed by atoms with Crippen LogP contribution < -0.4 is 9.47 Å². The molecule has 1 aromatic rings. The van der Waals surface area contributed by atoms with Crippen LogP contribution in [0.25, 0.3) is 0 Å². The molecule has 4 heteroatoms. The second-order valence-corrected chi connectivity index (χ2v) is 3.55. The van der Waals surface area contributed by atoms with Gasteiger partial charge < -0.3 is 14.6 Å². The van der Waals surface area contributed by atoms with Crippen molar-refractivity contribution in [3.05, 3.63) is 23.8 Å². The van der Waals surface area contributed by atoms with Gasteiger partial charge in [-0.25, -0.2) is 0 Å². The first kappa shape index (κ1) is 11.8. The molecule has 3 nitrogen and oxygen atoms in total. The summed E-state index contributed by atoms with van der Waals surface area (Å²) in [5.74, 6) is 1.40. The lowest BCUT2D eigenvalue weighted by atomic mass is 10.1. The Kier molecular flexibility index (Phi) is 4.37. The largest absolute Gasteiger partial charge is 0.502 e. The topological polar surface area (TPSA) is 38.7 Å². The molecule has 0 saturated heterocycles. The Bertz CT molecular complexity index is 350. The van der Waals surface area contributed by atoms with Crippen molar-refractivity contribution in [3.63, 3.8) is 0 Å². The number of methoxy groups -OCH3 is 2. The molecule has 0 amide bonds. The second-order valence-electron chi connectivity index (χ2n) is 3.08. The van der Waals surface area contributed by atoms with Gasteiger partial charge in [0.1, 0.15) is 0 Å². The fourth-order valence-electron chi connectivity index (χ4n) is 1.29. The van der Waals surface area contributed by atoms with Gasteiger partial charge in [0.25, 0.3) is 0 Å². The van der Waals surface area contributed by atoms with Crippen molar-refractivity contribution in [1.29, 1.82) is 0 Å². The van der Waals surface area contributed by atoms with Crippen LogP contribution in [0.15, 0.2) is 18.2 Å². The molecule has 82 valence electrons. The van der Waals surface area contributed by atoms with Gasteiger partial charge in [0.05, 0.1) is 14.2 Å². The van der Waals surface area contributed by atoms with Crippen molar-refractivity contribution < 1.29 is 14.6 Å².